The standard InChI is InChI=1S/C25H29F2N5/c1-4-8-23(32-14-7-9-17(28)15-32)21(5-2)30-16(3)25-20(29)12-13-22(31-25)24-18(26)10-6-11-19(24)27/h4-6,8,10-13,17,30H,2-3,7,9,14-15,28-29H2,1H3/b8-4-,23-21-/t17-/m0/s1. The van der Waals surface area contributed by atoms with Crippen molar-refractivity contribution in [2.75, 3.05) is 18.8 Å². The third-order valence-corrected chi connectivity index (χ3v) is 5.32. The number of aromatic nitrogens is 1. The van der Waals surface area contributed by atoms with Crippen molar-refractivity contribution < 1.29 is 8.78 Å². The molecule has 32 heavy (non-hydrogen) atoms. The van der Waals surface area contributed by atoms with Gasteiger partial charge in [0, 0.05) is 19.1 Å². The van der Waals surface area contributed by atoms with E-state index in [0.717, 1.165) is 31.6 Å². The molecule has 1 aromatic heterocycles. The molecule has 0 spiro atoms. The summed E-state index contributed by atoms with van der Waals surface area (Å²) in [5.41, 5.74) is 14.9. The van der Waals surface area contributed by atoms with Gasteiger partial charge >= 0.3 is 0 Å². The molecule has 168 valence electrons. The number of hydrogen-bond donors (Lipinski definition) is 3. The fourth-order valence-corrected chi connectivity index (χ4v) is 3.79. The highest BCUT2D eigenvalue weighted by Gasteiger charge is 2.20. The zero-order valence-electron chi connectivity index (χ0n) is 18.2. The van der Waals surface area contributed by atoms with Crippen molar-refractivity contribution in [2.24, 2.45) is 5.73 Å². The molecule has 1 fully saturated rings. The lowest BCUT2D eigenvalue weighted by atomic mass is 10.0. The van der Waals surface area contributed by atoms with Crippen molar-refractivity contribution >= 4 is 11.4 Å². The van der Waals surface area contributed by atoms with E-state index in [2.05, 4.69) is 28.4 Å². The van der Waals surface area contributed by atoms with Gasteiger partial charge in [-0.05, 0) is 56.2 Å². The van der Waals surface area contributed by atoms with Gasteiger partial charge in [-0.1, -0.05) is 25.3 Å². The lowest BCUT2D eigenvalue weighted by molar-refractivity contribution is 0.264. The number of halogens is 2. The highest BCUT2D eigenvalue weighted by Crippen LogP contribution is 2.28. The van der Waals surface area contributed by atoms with Crippen molar-refractivity contribution in [3.05, 3.63) is 90.4 Å². The van der Waals surface area contributed by atoms with Crippen molar-refractivity contribution in [3.8, 4) is 11.3 Å². The van der Waals surface area contributed by atoms with Crippen LogP contribution in [0, 0.1) is 11.6 Å². The summed E-state index contributed by atoms with van der Waals surface area (Å²) in [5, 5.41) is 3.23. The molecule has 1 aliphatic heterocycles. The minimum Gasteiger partial charge on any atom is -0.397 e. The van der Waals surface area contributed by atoms with Crippen LogP contribution in [0.5, 0.6) is 0 Å². The number of likely N-dealkylation sites (tertiary alicyclic amines) is 1. The Kier molecular flexibility index (Phi) is 7.43. The van der Waals surface area contributed by atoms with Gasteiger partial charge in [0.2, 0.25) is 0 Å². The second-order valence-corrected chi connectivity index (χ2v) is 7.69. The highest BCUT2D eigenvalue weighted by atomic mass is 19.1. The van der Waals surface area contributed by atoms with Crippen LogP contribution in [0.15, 0.2) is 73.1 Å². The Bertz CT molecular complexity index is 1050. The molecule has 2 heterocycles. The summed E-state index contributed by atoms with van der Waals surface area (Å²) in [6.45, 7) is 11.5. The van der Waals surface area contributed by atoms with Gasteiger partial charge in [-0.3, -0.25) is 0 Å². The first-order valence-electron chi connectivity index (χ1n) is 10.5. The van der Waals surface area contributed by atoms with Crippen LogP contribution < -0.4 is 16.8 Å². The van der Waals surface area contributed by atoms with E-state index in [9.17, 15) is 8.78 Å². The third-order valence-electron chi connectivity index (χ3n) is 5.32. The number of benzene rings is 1. The first-order valence-corrected chi connectivity index (χ1v) is 10.5. The lowest BCUT2D eigenvalue weighted by Crippen LogP contribution is -2.42. The zero-order chi connectivity index (χ0) is 23.3. The summed E-state index contributed by atoms with van der Waals surface area (Å²) in [6.07, 6.45) is 7.60. The number of nitrogens with one attached hydrogen (secondary N) is 1. The van der Waals surface area contributed by atoms with Crippen LogP contribution in [0.25, 0.3) is 17.0 Å². The normalized spacial score (nSPS) is 17.2. The molecule has 5 nitrogen and oxygen atoms in total. The van der Waals surface area contributed by atoms with Gasteiger partial charge < -0.3 is 21.7 Å². The summed E-state index contributed by atoms with van der Waals surface area (Å²) >= 11 is 0. The molecule has 1 aliphatic rings. The van der Waals surface area contributed by atoms with E-state index in [4.69, 9.17) is 11.5 Å². The number of pyridine rings is 1. The van der Waals surface area contributed by atoms with Crippen molar-refractivity contribution in [3.63, 3.8) is 0 Å². The molecule has 0 radical (unpaired) electrons. The van der Waals surface area contributed by atoms with Crippen LogP contribution in [-0.4, -0.2) is 29.0 Å². The SMILES string of the molecule is C=C/C(NC(=C)c1nc(-c2c(F)cccc2F)ccc1N)=C(\C=C/C)N1CCC[C@H](N)C1. The van der Waals surface area contributed by atoms with Gasteiger partial charge in [0.05, 0.1) is 34.0 Å². The Balaban J connectivity index is 1.97. The van der Waals surface area contributed by atoms with E-state index in [0.29, 0.717) is 22.8 Å². The van der Waals surface area contributed by atoms with Crippen molar-refractivity contribution in [1.29, 1.82) is 0 Å². The Morgan fingerprint density at radius 1 is 1.25 bits per heavy atom. The van der Waals surface area contributed by atoms with Gasteiger partial charge in [-0.15, -0.1) is 0 Å². The maximum atomic E-state index is 14.3. The molecular weight excluding hydrogens is 408 g/mol. The fourth-order valence-electron chi connectivity index (χ4n) is 3.79. The number of anilines is 1. The number of nitrogens with two attached hydrogens (primary N) is 2. The number of nitrogen functional groups attached to an aromatic ring is 1. The smallest absolute Gasteiger partial charge is 0.135 e. The second kappa shape index (κ2) is 10.2. The molecule has 1 aromatic carbocycles. The number of piperidine rings is 1. The predicted molar refractivity (Wildman–Crippen MR) is 127 cm³/mol. The van der Waals surface area contributed by atoms with E-state index in [1.165, 1.54) is 24.3 Å². The van der Waals surface area contributed by atoms with Crippen LogP contribution in [-0.2, 0) is 0 Å². The van der Waals surface area contributed by atoms with E-state index >= 15 is 0 Å². The van der Waals surface area contributed by atoms with Gasteiger partial charge in [0.25, 0.3) is 0 Å². The quantitative estimate of drug-likeness (QED) is 0.553. The van der Waals surface area contributed by atoms with Gasteiger partial charge in [-0.2, -0.15) is 0 Å². The van der Waals surface area contributed by atoms with Gasteiger partial charge in [0.1, 0.15) is 17.3 Å². The molecule has 1 atom stereocenters. The summed E-state index contributed by atoms with van der Waals surface area (Å²) in [4.78, 5) is 6.61. The minimum atomic E-state index is -0.699. The van der Waals surface area contributed by atoms with Gasteiger partial charge in [0.15, 0.2) is 0 Å². The zero-order valence-corrected chi connectivity index (χ0v) is 18.2. The van der Waals surface area contributed by atoms with Crippen molar-refractivity contribution in [1.82, 2.24) is 15.2 Å². The van der Waals surface area contributed by atoms with E-state index in [-0.39, 0.29) is 17.3 Å². The third kappa shape index (κ3) is 5.06. The van der Waals surface area contributed by atoms with Crippen LogP contribution in [0.1, 0.15) is 25.5 Å². The molecule has 3 rings (SSSR count). The number of nitrogens with zero attached hydrogens (tertiary/aromatic N) is 2. The first-order chi connectivity index (χ1) is 15.3. The molecule has 0 saturated carbocycles. The topological polar surface area (TPSA) is 80.2 Å². The number of hydrogen-bond acceptors (Lipinski definition) is 5. The molecule has 0 bridgehead atoms. The van der Waals surface area contributed by atoms with Crippen LogP contribution in [0.4, 0.5) is 14.5 Å². The summed E-state index contributed by atoms with van der Waals surface area (Å²) in [5.74, 6) is -1.40. The fraction of sp³-hybridized carbons (Fsp3) is 0.240. The minimum absolute atomic E-state index is 0.0999. The largest absolute Gasteiger partial charge is 0.397 e. The molecule has 5 N–H and O–H groups in total. The number of rotatable bonds is 7. The molecule has 0 amide bonds. The average Bonchev–Trinajstić information content (AvgIpc) is 2.77. The first kappa shape index (κ1) is 23.2. The van der Waals surface area contributed by atoms with Crippen LogP contribution in [0.3, 0.4) is 0 Å². The average molecular weight is 438 g/mol. The highest BCUT2D eigenvalue weighted by molar-refractivity contribution is 5.74. The molecule has 2 aromatic rings. The van der Waals surface area contributed by atoms with Gasteiger partial charge in [-0.25, -0.2) is 13.8 Å². The van der Waals surface area contributed by atoms with E-state index in [1.807, 2.05) is 19.1 Å². The molecular formula is C25H29F2N5. The van der Waals surface area contributed by atoms with Crippen LogP contribution in [0.2, 0.25) is 0 Å². The maximum absolute atomic E-state index is 14.3. The second-order valence-electron chi connectivity index (χ2n) is 7.69. The summed E-state index contributed by atoms with van der Waals surface area (Å²) < 4.78 is 28.5. The van der Waals surface area contributed by atoms with E-state index in [1.54, 1.807) is 12.1 Å². The van der Waals surface area contributed by atoms with Crippen LogP contribution >= 0.6 is 0 Å². The molecule has 1 saturated heterocycles. The molecule has 0 unspecified atom stereocenters. The maximum Gasteiger partial charge on any atom is 0.135 e. The lowest BCUT2D eigenvalue weighted by Gasteiger charge is -2.34. The Morgan fingerprint density at radius 2 is 1.97 bits per heavy atom. The Labute approximate surface area is 187 Å². The van der Waals surface area contributed by atoms with Crippen molar-refractivity contribution in [2.45, 2.75) is 25.8 Å². The Morgan fingerprint density at radius 3 is 2.59 bits per heavy atom. The monoisotopic (exact) mass is 437 g/mol. The molecule has 7 heteroatoms. The Hall–Kier alpha value is -3.45. The molecule has 0 aliphatic carbocycles. The number of allylic oxidation sites excluding steroid dienone is 3. The summed E-state index contributed by atoms with van der Waals surface area (Å²) in [7, 11) is 0. The van der Waals surface area contributed by atoms with E-state index < -0.39 is 11.6 Å². The summed E-state index contributed by atoms with van der Waals surface area (Å²) in [6, 6.07) is 6.83. The predicted octanol–water partition coefficient (Wildman–Crippen LogP) is 4.57.